The summed E-state index contributed by atoms with van der Waals surface area (Å²) in [5, 5.41) is 0. The molecule has 0 saturated carbocycles. The Kier molecular flexibility index (Phi) is 6.21. The minimum atomic E-state index is -0.0971. The van der Waals surface area contributed by atoms with Gasteiger partial charge in [-0.25, -0.2) is 0 Å². The van der Waals surface area contributed by atoms with Gasteiger partial charge in [0.05, 0.1) is 6.61 Å². The van der Waals surface area contributed by atoms with Crippen molar-refractivity contribution in [1.29, 1.82) is 0 Å². The standard InChI is InChI=1S/C16H27NOS/c1-12(2)15-7-6-14(10-13(15)3)18-8-9-19-11-16(4,5)17/h6-7,10,12H,8-9,11,17H2,1-5H3. The highest BCUT2D eigenvalue weighted by Gasteiger charge is 2.10. The van der Waals surface area contributed by atoms with Gasteiger partial charge in [-0.15, -0.1) is 0 Å². The Morgan fingerprint density at radius 3 is 2.53 bits per heavy atom. The van der Waals surface area contributed by atoms with Gasteiger partial charge in [0.2, 0.25) is 0 Å². The van der Waals surface area contributed by atoms with Crippen LogP contribution in [0.25, 0.3) is 0 Å². The molecule has 2 nitrogen and oxygen atoms in total. The van der Waals surface area contributed by atoms with Crippen LogP contribution in [0.5, 0.6) is 5.75 Å². The van der Waals surface area contributed by atoms with Crippen molar-refractivity contribution in [3.05, 3.63) is 29.3 Å². The Morgan fingerprint density at radius 1 is 1.32 bits per heavy atom. The molecule has 0 saturated heterocycles. The van der Waals surface area contributed by atoms with Crippen LogP contribution in [0.1, 0.15) is 44.7 Å². The van der Waals surface area contributed by atoms with Crippen molar-refractivity contribution in [1.82, 2.24) is 0 Å². The average molecular weight is 281 g/mol. The molecule has 0 bridgehead atoms. The first-order valence-corrected chi connectivity index (χ1v) is 8.05. The summed E-state index contributed by atoms with van der Waals surface area (Å²) in [6.07, 6.45) is 0. The highest BCUT2D eigenvalue weighted by atomic mass is 32.2. The van der Waals surface area contributed by atoms with Crippen molar-refractivity contribution in [2.24, 2.45) is 5.73 Å². The maximum Gasteiger partial charge on any atom is 0.119 e. The van der Waals surface area contributed by atoms with Crippen molar-refractivity contribution in [2.45, 2.75) is 46.1 Å². The molecule has 0 aliphatic heterocycles. The minimum absolute atomic E-state index is 0.0971. The van der Waals surface area contributed by atoms with Crippen molar-refractivity contribution in [3.63, 3.8) is 0 Å². The first kappa shape index (κ1) is 16.4. The predicted octanol–water partition coefficient (Wildman–Crippen LogP) is 3.97. The van der Waals surface area contributed by atoms with Gasteiger partial charge in [-0.3, -0.25) is 0 Å². The van der Waals surface area contributed by atoms with Gasteiger partial charge in [0, 0.05) is 17.0 Å². The van der Waals surface area contributed by atoms with Crippen LogP contribution in [0.3, 0.4) is 0 Å². The highest BCUT2D eigenvalue weighted by Crippen LogP contribution is 2.23. The molecule has 0 fully saturated rings. The van der Waals surface area contributed by atoms with Crippen LogP contribution in [0, 0.1) is 6.92 Å². The van der Waals surface area contributed by atoms with E-state index in [0.29, 0.717) is 5.92 Å². The Morgan fingerprint density at radius 2 is 2.00 bits per heavy atom. The topological polar surface area (TPSA) is 35.2 Å². The molecule has 0 radical (unpaired) electrons. The third kappa shape index (κ3) is 6.35. The molecular weight excluding hydrogens is 254 g/mol. The van der Waals surface area contributed by atoms with Crippen molar-refractivity contribution >= 4 is 11.8 Å². The quantitative estimate of drug-likeness (QED) is 0.768. The number of thioether (sulfide) groups is 1. The van der Waals surface area contributed by atoms with Crippen LogP contribution in [0.15, 0.2) is 18.2 Å². The lowest BCUT2D eigenvalue weighted by atomic mass is 9.98. The maximum absolute atomic E-state index is 5.93. The smallest absolute Gasteiger partial charge is 0.119 e. The Labute approximate surface area is 122 Å². The van der Waals surface area contributed by atoms with Gasteiger partial charge >= 0.3 is 0 Å². The fourth-order valence-electron chi connectivity index (χ4n) is 1.94. The molecule has 108 valence electrons. The van der Waals surface area contributed by atoms with E-state index in [2.05, 4.69) is 52.8 Å². The predicted molar refractivity (Wildman–Crippen MR) is 86.4 cm³/mol. The zero-order chi connectivity index (χ0) is 14.5. The van der Waals surface area contributed by atoms with Crippen molar-refractivity contribution < 1.29 is 4.74 Å². The van der Waals surface area contributed by atoms with E-state index in [1.165, 1.54) is 11.1 Å². The molecule has 0 aromatic heterocycles. The van der Waals surface area contributed by atoms with Crippen LogP contribution in [0.4, 0.5) is 0 Å². The van der Waals surface area contributed by atoms with Crippen molar-refractivity contribution in [2.75, 3.05) is 18.1 Å². The summed E-state index contributed by atoms with van der Waals surface area (Å²) >= 11 is 1.84. The lowest BCUT2D eigenvalue weighted by Gasteiger charge is -2.17. The normalized spacial score (nSPS) is 11.9. The number of aryl methyl sites for hydroxylation is 1. The second kappa shape index (κ2) is 7.20. The Hall–Kier alpha value is -0.670. The van der Waals surface area contributed by atoms with Gasteiger partial charge < -0.3 is 10.5 Å². The molecule has 0 spiro atoms. The summed E-state index contributed by atoms with van der Waals surface area (Å²) in [5.74, 6) is 3.47. The second-order valence-electron chi connectivity index (χ2n) is 6.06. The van der Waals surface area contributed by atoms with E-state index in [1.807, 2.05) is 11.8 Å². The molecule has 0 aliphatic rings. The fourth-order valence-corrected chi connectivity index (χ4v) is 2.81. The molecule has 1 aromatic rings. The summed E-state index contributed by atoms with van der Waals surface area (Å²) in [4.78, 5) is 0. The molecule has 19 heavy (non-hydrogen) atoms. The number of nitrogens with two attached hydrogens (primary N) is 1. The SMILES string of the molecule is Cc1cc(OCCSCC(C)(C)N)ccc1C(C)C. The van der Waals surface area contributed by atoms with Gasteiger partial charge in [-0.1, -0.05) is 19.9 Å². The lowest BCUT2D eigenvalue weighted by molar-refractivity contribution is 0.343. The van der Waals surface area contributed by atoms with Gasteiger partial charge in [0.25, 0.3) is 0 Å². The van der Waals surface area contributed by atoms with Gasteiger partial charge in [0.15, 0.2) is 0 Å². The number of rotatable bonds is 7. The molecule has 0 amide bonds. The summed E-state index contributed by atoms with van der Waals surface area (Å²) in [6.45, 7) is 11.4. The number of benzene rings is 1. The molecule has 0 unspecified atom stereocenters. The average Bonchev–Trinajstić information content (AvgIpc) is 2.26. The van der Waals surface area contributed by atoms with Gasteiger partial charge in [-0.2, -0.15) is 11.8 Å². The van der Waals surface area contributed by atoms with Gasteiger partial charge in [0.1, 0.15) is 5.75 Å². The fraction of sp³-hybridized carbons (Fsp3) is 0.625. The van der Waals surface area contributed by atoms with Crippen LogP contribution < -0.4 is 10.5 Å². The molecule has 3 heteroatoms. The van der Waals surface area contributed by atoms with Crippen LogP contribution in [-0.2, 0) is 0 Å². The molecule has 0 atom stereocenters. The molecule has 0 aliphatic carbocycles. The van der Waals surface area contributed by atoms with E-state index < -0.39 is 0 Å². The third-order valence-corrected chi connectivity index (χ3v) is 4.24. The molecular formula is C16H27NOS. The monoisotopic (exact) mass is 281 g/mol. The summed E-state index contributed by atoms with van der Waals surface area (Å²) < 4.78 is 5.77. The van der Waals surface area contributed by atoms with Crippen LogP contribution in [-0.4, -0.2) is 23.7 Å². The maximum atomic E-state index is 5.93. The number of hydrogen-bond donors (Lipinski definition) is 1. The van der Waals surface area contributed by atoms with Crippen LogP contribution >= 0.6 is 11.8 Å². The first-order valence-electron chi connectivity index (χ1n) is 6.89. The third-order valence-electron chi connectivity index (χ3n) is 2.83. The Bertz CT molecular complexity index is 396. The molecule has 1 aromatic carbocycles. The van der Waals surface area contributed by atoms with E-state index in [-0.39, 0.29) is 5.54 Å². The summed E-state index contributed by atoms with van der Waals surface area (Å²) in [6, 6.07) is 6.37. The largest absolute Gasteiger partial charge is 0.493 e. The summed E-state index contributed by atoms with van der Waals surface area (Å²) in [7, 11) is 0. The van der Waals surface area contributed by atoms with E-state index >= 15 is 0 Å². The number of hydrogen-bond acceptors (Lipinski definition) is 3. The lowest BCUT2D eigenvalue weighted by Crippen LogP contribution is -2.34. The minimum Gasteiger partial charge on any atom is -0.493 e. The van der Waals surface area contributed by atoms with E-state index in [0.717, 1.165) is 23.9 Å². The van der Waals surface area contributed by atoms with E-state index in [4.69, 9.17) is 10.5 Å². The second-order valence-corrected chi connectivity index (χ2v) is 7.17. The zero-order valence-corrected chi connectivity index (χ0v) is 13.6. The van der Waals surface area contributed by atoms with E-state index in [9.17, 15) is 0 Å². The number of ether oxygens (including phenoxy) is 1. The highest BCUT2D eigenvalue weighted by molar-refractivity contribution is 7.99. The first-order chi connectivity index (χ1) is 8.79. The zero-order valence-electron chi connectivity index (χ0n) is 12.8. The van der Waals surface area contributed by atoms with Crippen molar-refractivity contribution in [3.8, 4) is 5.75 Å². The summed E-state index contributed by atoms with van der Waals surface area (Å²) in [5.41, 5.74) is 8.54. The Balaban J connectivity index is 2.36. The molecule has 0 heterocycles. The molecule has 2 N–H and O–H groups in total. The van der Waals surface area contributed by atoms with Gasteiger partial charge in [-0.05, 0) is 49.9 Å². The van der Waals surface area contributed by atoms with Crippen LogP contribution in [0.2, 0.25) is 0 Å². The van der Waals surface area contributed by atoms with E-state index in [1.54, 1.807) is 0 Å². The molecule has 1 rings (SSSR count).